The van der Waals surface area contributed by atoms with Gasteiger partial charge in [0, 0.05) is 24.3 Å². The normalized spacial score (nSPS) is 20.1. The summed E-state index contributed by atoms with van der Waals surface area (Å²) < 4.78 is 41.8. The molecule has 1 unspecified atom stereocenters. The van der Waals surface area contributed by atoms with Crippen molar-refractivity contribution in [2.75, 3.05) is 7.11 Å². The van der Waals surface area contributed by atoms with Crippen LogP contribution in [0.25, 0.3) is 5.57 Å². The molecule has 1 aliphatic heterocycles. The van der Waals surface area contributed by atoms with Gasteiger partial charge in [0.2, 0.25) is 5.90 Å². The number of hydrogen-bond acceptors (Lipinski definition) is 4. The van der Waals surface area contributed by atoms with Gasteiger partial charge < -0.3 is 9.47 Å². The van der Waals surface area contributed by atoms with E-state index < -0.39 is 15.8 Å². The van der Waals surface area contributed by atoms with E-state index >= 15 is 0 Å². The Hall–Kier alpha value is -3.22. The van der Waals surface area contributed by atoms with Crippen molar-refractivity contribution in [1.29, 1.82) is 0 Å². The summed E-state index contributed by atoms with van der Waals surface area (Å²) in [7, 11) is -2.46. The number of methoxy groups -OCH3 is 1. The van der Waals surface area contributed by atoms with Crippen LogP contribution in [0.4, 0.5) is 0 Å². The largest absolute Gasteiger partial charge is 0.436 e. The molecular formula is C24H21NO4S. The van der Waals surface area contributed by atoms with E-state index in [1.54, 1.807) is 18.2 Å². The molecule has 0 fully saturated rings. The highest BCUT2D eigenvalue weighted by Crippen LogP contribution is 2.40. The molecule has 0 amide bonds. The Bertz CT molecular complexity index is 1200. The smallest absolute Gasteiger partial charge is 0.285 e. The van der Waals surface area contributed by atoms with E-state index in [0.29, 0.717) is 5.57 Å². The van der Waals surface area contributed by atoms with Crippen LogP contribution >= 0.6 is 0 Å². The van der Waals surface area contributed by atoms with Crippen LogP contribution in [0.3, 0.4) is 0 Å². The maximum absolute atomic E-state index is 13.0. The molecule has 3 aromatic carbocycles. The molecule has 0 aromatic heterocycles. The first-order valence-electron chi connectivity index (χ1n) is 9.43. The first kappa shape index (κ1) is 20.1. The van der Waals surface area contributed by atoms with E-state index in [9.17, 15) is 8.42 Å². The fraction of sp³-hybridized carbons (Fsp3) is 0.125. The Morgan fingerprint density at radius 1 is 0.867 bits per heavy atom. The summed E-state index contributed by atoms with van der Waals surface area (Å²) in [4.78, 5) is 0.103. The van der Waals surface area contributed by atoms with Gasteiger partial charge in [0.15, 0.2) is 0 Å². The van der Waals surface area contributed by atoms with E-state index in [1.165, 1.54) is 19.2 Å². The quantitative estimate of drug-likeness (QED) is 0.602. The van der Waals surface area contributed by atoms with Crippen molar-refractivity contribution in [3.05, 3.63) is 108 Å². The average Bonchev–Trinajstić information content (AvgIpc) is 3.14. The van der Waals surface area contributed by atoms with Crippen LogP contribution in [0.2, 0.25) is 0 Å². The number of ether oxygens (including phenoxy) is 2. The molecular weight excluding hydrogens is 398 g/mol. The Kier molecular flexibility index (Phi) is 5.28. The van der Waals surface area contributed by atoms with Gasteiger partial charge >= 0.3 is 0 Å². The number of hydrogen-bond donors (Lipinski definition) is 0. The van der Waals surface area contributed by atoms with Crippen LogP contribution in [0.1, 0.15) is 16.7 Å². The molecule has 152 valence electrons. The Morgan fingerprint density at radius 3 is 2.07 bits per heavy atom. The van der Waals surface area contributed by atoms with Crippen LogP contribution in [0.5, 0.6) is 0 Å². The maximum Gasteiger partial charge on any atom is 0.285 e. The zero-order valence-corrected chi connectivity index (χ0v) is 17.5. The van der Waals surface area contributed by atoms with Gasteiger partial charge in [0.05, 0.1) is 4.90 Å². The summed E-state index contributed by atoms with van der Waals surface area (Å²) in [5, 5.41) is 0. The van der Waals surface area contributed by atoms with E-state index in [2.05, 4.69) is 4.40 Å². The molecule has 30 heavy (non-hydrogen) atoms. The lowest BCUT2D eigenvalue weighted by molar-refractivity contribution is -0.134. The van der Waals surface area contributed by atoms with E-state index in [1.807, 2.05) is 67.6 Å². The summed E-state index contributed by atoms with van der Waals surface area (Å²) in [6, 6.07) is 25.3. The van der Waals surface area contributed by atoms with Gasteiger partial charge in [-0.2, -0.15) is 8.42 Å². The third-order valence-electron chi connectivity index (χ3n) is 4.90. The van der Waals surface area contributed by atoms with E-state index in [0.717, 1.165) is 16.7 Å². The molecule has 0 bridgehead atoms. The van der Waals surface area contributed by atoms with Crippen molar-refractivity contribution in [3.8, 4) is 0 Å². The SMILES string of the molecule is COC1(c2ccccc2)C=C(c2ccccc2)/C(=N\S(=O)(=O)c2ccc(C)cc2)O1. The van der Waals surface area contributed by atoms with Gasteiger partial charge in [-0.1, -0.05) is 78.4 Å². The average molecular weight is 420 g/mol. The number of rotatable bonds is 5. The van der Waals surface area contributed by atoms with Crippen molar-refractivity contribution in [2.24, 2.45) is 4.40 Å². The van der Waals surface area contributed by atoms with Crippen molar-refractivity contribution in [2.45, 2.75) is 17.6 Å². The van der Waals surface area contributed by atoms with Crippen LogP contribution in [-0.4, -0.2) is 21.4 Å². The van der Waals surface area contributed by atoms with Crippen LogP contribution in [0, 0.1) is 6.92 Å². The van der Waals surface area contributed by atoms with Crippen LogP contribution < -0.4 is 0 Å². The summed E-state index contributed by atoms with van der Waals surface area (Å²) in [5.41, 5.74) is 3.03. The zero-order valence-electron chi connectivity index (χ0n) is 16.6. The summed E-state index contributed by atoms with van der Waals surface area (Å²) in [5.74, 6) is -1.28. The number of sulfonamides is 1. The van der Waals surface area contributed by atoms with Gasteiger partial charge in [-0.15, -0.1) is 4.40 Å². The van der Waals surface area contributed by atoms with Crippen LogP contribution in [-0.2, 0) is 25.3 Å². The third kappa shape index (κ3) is 3.79. The predicted molar refractivity (Wildman–Crippen MR) is 116 cm³/mol. The van der Waals surface area contributed by atoms with Crippen molar-refractivity contribution >= 4 is 21.5 Å². The Labute approximate surface area is 176 Å². The summed E-state index contributed by atoms with van der Waals surface area (Å²) in [6.45, 7) is 1.89. The van der Waals surface area contributed by atoms with Gasteiger partial charge in [0.25, 0.3) is 15.8 Å². The van der Waals surface area contributed by atoms with E-state index in [-0.39, 0.29) is 10.8 Å². The monoisotopic (exact) mass is 419 g/mol. The maximum atomic E-state index is 13.0. The molecule has 3 aromatic rings. The lowest BCUT2D eigenvalue weighted by atomic mass is 10.0. The molecule has 1 atom stereocenters. The minimum Gasteiger partial charge on any atom is -0.436 e. The first-order chi connectivity index (χ1) is 14.4. The molecule has 0 saturated carbocycles. The highest BCUT2D eigenvalue weighted by atomic mass is 32.2. The molecule has 0 N–H and O–H groups in total. The topological polar surface area (TPSA) is 65.0 Å². The summed E-state index contributed by atoms with van der Waals surface area (Å²) in [6.07, 6.45) is 1.77. The fourth-order valence-corrected chi connectivity index (χ4v) is 4.21. The second-order valence-electron chi connectivity index (χ2n) is 6.95. The Balaban J connectivity index is 1.85. The molecule has 0 radical (unpaired) electrons. The number of nitrogens with zero attached hydrogens (tertiary/aromatic N) is 1. The van der Waals surface area contributed by atoms with Gasteiger partial charge in [-0.25, -0.2) is 0 Å². The van der Waals surface area contributed by atoms with Gasteiger partial charge in [-0.05, 0) is 24.6 Å². The molecule has 1 heterocycles. The minimum atomic E-state index is -3.98. The number of benzene rings is 3. The third-order valence-corrected chi connectivity index (χ3v) is 6.17. The lowest BCUT2D eigenvalue weighted by Crippen LogP contribution is -2.27. The second kappa shape index (κ2) is 7.89. The molecule has 0 aliphatic carbocycles. The van der Waals surface area contributed by atoms with Crippen LogP contribution in [0.15, 0.2) is 100 Å². The van der Waals surface area contributed by atoms with Gasteiger partial charge in [-0.3, -0.25) is 0 Å². The predicted octanol–water partition coefficient (Wildman–Crippen LogP) is 4.70. The minimum absolute atomic E-state index is 0.00696. The van der Waals surface area contributed by atoms with Crippen molar-refractivity contribution in [1.82, 2.24) is 0 Å². The standard InChI is InChI=1S/C24H21NO4S/c1-18-13-15-21(16-14-18)30(26,27)25-23-22(19-9-5-3-6-10-19)17-24(28-2,29-23)20-11-7-4-8-12-20/h3-17H,1-2H3/b25-23+. The van der Waals surface area contributed by atoms with Gasteiger partial charge in [0.1, 0.15) is 0 Å². The molecule has 0 spiro atoms. The molecule has 1 aliphatic rings. The highest BCUT2D eigenvalue weighted by molar-refractivity contribution is 7.90. The van der Waals surface area contributed by atoms with E-state index in [4.69, 9.17) is 9.47 Å². The molecule has 5 nitrogen and oxygen atoms in total. The lowest BCUT2D eigenvalue weighted by Gasteiger charge is -2.25. The highest BCUT2D eigenvalue weighted by Gasteiger charge is 2.42. The van der Waals surface area contributed by atoms with Crippen molar-refractivity contribution < 1.29 is 17.9 Å². The second-order valence-corrected chi connectivity index (χ2v) is 8.55. The Morgan fingerprint density at radius 2 is 1.47 bits per heavy atom. The fourth-order valence-electron chi connectivity index (χ4n) is 3.28. The molecule has 4 rings (SSSR count). The summed E-state index contributed by atoms with van der Waals surface area (Å²) >= 11 is 0. The first-order valence-corrected chi connectivity index (χ1v) is 10.9. The molecule has 0 saturated heterocycles. The van der Waals surface area contributed by atoms with Crippen molar-refractivity contribution in [3.63, 3.8) is 0 Å². The molecule has 6 heteroatoms. The number of aryl methyl sites for hydroxylation is 1. The zero-order chi connectivity index (χ0) is 21.2.